The van der Waals surface area contributed by atoms with Crippen molar-refractivity contribution in [2.75, 3.05) is 26.2 Å². The number of rotatable bonds is 5. The Morgan fingerprint density at radius 1 is 1.38 bits per heavy atom. The fraction of sp³-hybridized carbons (Fsp3) is 0.562. The Morgan fingerprint density at radius 2 is 2.10 bits per heavy atom. The fourth-order valence-corrected chi connectivity index (χ4v) is 3.60. The normalized spacial score (nSPS) is 17.5. The summed E-state index contributed by atoms with van der Waals surface area (Å²) in [7, 11) is 0. The van der Waals surface area contributed by atoms with Crippen LogP contribution in [0.1, 0.15) is 36.5 Å². The van der Waals surface area contributed by atoms with E-state index in [4.69, 9.17) is 0 Å². The van der Waals surface area contributed by atoms with Gasteiger partial charge < -0.3 is 10.2 Å². The fourth-order valence-electron chi connectivity index (χ4n) is 2.68. The van der Waals surface area contributed by atoms with Gasteiger partial charge in [0.2, 0.25) is 0 Å². The highest BCUT2D eigenvalue weighted by molar-refractivity contribution is 14.1. The Labute approximate surface area is 149 Å². The van der Waals surface area contributed by atoms with Crippen molar-refractivity contribution in [1.29, 1.82) is 0 Å². The quantitative estimate of drug-likeness (QED) is 0.670. The van der Waals surface area contributed by atoms with Crippen LogP contribution < -0.4 is 5.32 Å². The van der Waals surface area contributed by atoms with Crippen LogP contribution in [0.15, 0.2) is 22.7 Å². The van der Waals surface area contributed by atoms with Gasteiger partial charge in [-0.25, -0.2) is 0 Å². The Hall–Kier alpha value is -0.140. The summed E-state index contributed by atoms with van der Waals surface area (Å²) in [5.41, 5.74) is 0.715. The molecule has 5 heteroatoms. The molecule has 1 aliphatic rings. The summed E-state index contributed by atoms with van der Waals surface area (Å²) < 4.78 is 1.92. The van der Waals surface area contributed by atoms with E-state index in [0.29, 0.717) is 11.5 Å². The lowest BCUT2D eigenvalue weighted by atomic mass is 10.1. The molecule has 0 spiro atoms. The highest BCUT2D eigenvalue weighted by atomic mass is 127. The van der Waals surface area contributed by atoms with E-state index in [1.54, 1.807) is 0 Å². The second-order valence-electron chi connectivity index (χ2n) is 5.80. The monoisotopic (exact) mass is 464 g/mol. The molecule has 3 nitrogen and oxygen atoms in total. The molecule has 1 aliphatic heterocycles. The van der Waals surface area contributed by atoms with Crippen molar-refractivity contribution >= 4 is 44.4 Å². The van der Waals surface area contributed by atoms with Crippen LogP contribution in [0.2, 0.25) is 0 Å². The summed E-state index contributed by atoms with van der Waals surface area (Å²) in [6.07, 6.45) is 3.99. The van der Waals surface area contributed by atoms with E-state index in [1.165, 1.54) is 32.4 Å². The molecule has 1 aromatic rings. The predicted molar refractivity (Wildman–Crippen MR) is 98.6 cm³/mol. The van der Waals surface area contributed by atoms with E-state index in [2.05, 4.69) is 55.7 Å². The Morgan fingerprint density at radius 3 is 2.81 bits per heavy atom. The van der Waals surface area contributed by atoms with Crippen molar-refractivity contribution in [2.24, 2.45) is 5.92 Å². The van der Waals surface area contributed by atoms with Crippen LogP contribution in [0.25, 0.3) is 0 Å². The molecule has 1 saturated heterocycles. The van der Waals surface area contributed by atoms with Crippen LogP contribution >= 0.6 is 38.5 Å². The number of likely N-dealkylation sites (tertiary alicyclic amines) is 1. The van der Waals surface area contributed by atoms with Gasteiger partial charge in [0.25, 0.3) is 5.91 Å². The minimum atomic E-state index is 0.00545. The number of hydrogen-bond acceptors (Lipinski definition) is 2. The number of halogens is 2. The molecule has 1 N–H and O–H groups in total. The number of piperidine rings is 1. The van der Waals surface area contributed by atoms with Crippen LogP contribution in [-0.2, 0) is 0 Å². The lowest BCUT2D eigenvalue weighted by molar-refractivity contribution is 0.0941. The van der Waals surface area contributed by atoms with Crippen molar-refractivity contribution in [2.45, 2.75) is 26.2 Å². The number of carbonyl (C=O) groups is 1. The van der Waals surface area contributed by atoms with Gasteiger partial charge in [-0.15, -0.1) is 0 Å². The molecular formula is C16H22BrIN2O. The van der Waals surface area contributed by atoms with Gasteiger partial charge in [0.1, 0.15) is 0 Å². The lowest BCUT2D eigenvalue weighted by Gasteiger charge is -2.29. The maximum atomic E-state index is 12.3. The first-order valence-electron chi connectivity index (χ1n) is 7.52. The second-order valence-corrected chi connectivity index (χ2v) is 7.90. The molecule has 1 heterocycles. The maximum Gasteiger partial charge on any atom is 0.252 e. The third-order valence-corrected chi connectivity index (χ3v) is 5.17. The first kappa shape index (κ1) is 17.2. The average Bonchev–Trinajstić information content (AvgIpc) is 2.48. The smallest absolute Gasteiger partial charge is 0.252 e. The van der Waals surface area contributed by atoms with E-state index < -0.39 is 0 Å². The van der Waals surface area contributed by atoms with Crippen LogP contribution in [0.5, 0.6) is 0 Å². The molecule has 1 aromatic carbocycles. The molecule has 1 unspecified atom stereocenters. The molecule has 0 aliphatic carbocycles. The van der Waals surface area contributed by atoms with Crippen molar-refractivity contribution in [3.63, 3.8) is 0 Å². The van der Waals surface area contributed by atoms with Crippen LogP contribution in [-0.4, -0.2) is 37.0 Å². The number of nitrogens with zero attached hydrogens (tertiary/aromatic N) is 1. The minimum absolute atomic E-state index is 0.00545. The van der Waals surface area contributed by atoms with E-state index >= 15 is 0 Å². The number of nitrogens with one attached hydrogen (secondary N) is 1. The Balaban J connectivity index is 1.81. The summed E-state index contributed by atoms with van der Waals surface area (Å²) >= 11 is 5.67. The van der Waals surface area contributed by atoms with Gasteiger partial charge in [0.15, 0.2) is 0 Å². The number of amides is 1. The topological polar surface area (TPSA) is 32.3 Å². The molecule has 21 heavy (non-hydrogen) atoms. The SMILES string of the molecule is CC(CNC(=O)c1cc(I)ccc1Br)CN1CCCCC1. The molecule has 0 bridgehead atoms. The minimum Gasteiger partial charge on any atom is -0.352 e. The van der Waals surface area contributed by atoms with Crippen LogP contribution in [0.4, 0.5) is 0 Å². The number of carbonyl (C=O) groups excluding carboxylic acids is 1. The third kappa shape index (κ3) is 5.53. The molecule has 0 radical (unpaired) electrons. The van der Waals surface area contributed by atoms with Crippen molar-refractivity contribution < 1.29 is 4.79 Å². The molecule has 0 aromatic heterocycles. The van der Waals surface area contributed by atoms with E-state index in [0.717, 1.165) is 21.1 Å². The van der Waals surface area contributed by atoms with E-state index in [9.17, 15) is 4.79 Å². The first-order chi connectivity index (χ1) is 10.1. The van der Waals surface area contributed by atoms with Gasteiger partial charge >= 0.3 is 0 Å². The zero-order chi connectivity index (χ0) is 15.2. The highest BCUT2D eigenvalue weighted by Crippen LogP contribution is 2.19. The van der Waals surface area contributed by atoms with Crippen LogP contribution in [0, 0.1) is 9.49 Å². The summed E-state index contributed by atoms with van der Waals surface area (Å²) in [6.45, 7) is 6.43. The molecule has 1 atom stereocenters. The molecular weight excluding hydrogens is 443 g/mol. The number of benzene rings is 1. The second kappa shape index (κ2) is 8.48. The van der Waals surface area contributed by atoms with Crippen molar-refractivity contribution in [3.8, 4) is 0 Å². The summed E-state index contributed by atoms with van der Waals surface area (Å²) in [5.74, 6) is 0.486. The van der Waals surface area contributed by atoms with Gasteiger partial charge in [0, 0.05) is 21.1 Å². The van der Waals surface area contributed by atoms with Gasteiger partial charge in [-0.05, 0) is 88.6 Å². The van der Waals surface area contributed by atoms with Crippen molar-refractivity contribution in [3.05, 3.63) is 31.8 Å². The molecule has 2 rings (SSSR count). The van der Waals surface area contributed by atoms with Gasteiger partial charge in [0.05, 0.1) is 5.56 Å². The van der Waals surface area contributed by atoms with Gasteiger partial charge in [-0.1, -0.05) is 13.3 Å². The molecule has 1 amide bonds. The van der Waals surface area contributed by atoms with Crippen LogP contribution in [0.3, 0.4) is 0 Å². The Kier molecular flexibility index (Phi) is 6.95. The zero-order valence-electron chi connectivity index (χ0n) is 12.4. The van der Waals surface area contributed by atoms with Gasteiger partial charge in [-0.2, -0.15) is 0 Å². The van der Waals surface area contributed by atoms with Gasteiger partial charge in [-0.3, -0.25) is 4.79 Å². The average molecular weight is 465 g/mol. The summed E-state index contributed by atoms with van der Waals surface area (Å²) in [5, 5.41) is 3.06. The maximum absolute atomic E-state index is 12.3. The predicted octanol–water partition coefficient (Wildman–Crippen LogP) is 3.91. The summed E-state index contributed by atoms with van der Waals surface area (Å²) in [4.78, 5) is 14.8. The highest BCUT2D eigenvalue weighted by Gasteiger charge is 2.15. The standard InChI is InChI=1S/C16H22BrIN2O/c1-12(11-20-7-3-2-4-8-20)10-19-16(21)14-9-13(18)5-6-15(14)17/h5-6,9,12H,2-4,7-8,10-11H2,1H3,(H,19,21). The van der Waals surface area contributed by atoms with E-state index in [-0.39, 0.29) is 5.91 Å². The lowest BCUT2D eigenvalue weighted by Crippen LogP contribution is -2.38. The first-order valence-corrected chi connectivity index (χ1v) is 9.39. The molecule has 0 saturated carbocycles. The van der Waals surface area contributed by atoms with Crippen molar-refractivity contribution in [1.82, 2.24) is 10.2 Å². The largest absolute Gasteiger partial charge is 0.352 e. The number of hydrogen-bond donors (Lipinski definition) is 1. The molecule has 1 fully saturated rings. The van der Waals surface area contributed by atoms with E-state index in [1.807, 2.05) is 18.2 Å². The molecule has 116 valence electrons. The zero-order valence-corrected chi connectivity index (χ0v) is 16.1. The summed E-state index contributed by atoms with van der Waals surface area (Å²) in [6, 6.07) is 5.82. The Bertz CT molecular complexity index is 489. The third-order valence-electron chi connectivity index (χ3n) is 3.80.